The summed E-state index contributed by atoms with van der Waals surface area (Å²) in [5.74, 6) is 2.27. The Morgan fingerprint density at radius 2 is 2.04 bits per heavy atom. The molecule has 1 fully saturated rings. The molecule has 1 N–H and O–H groups in total. The number of thiophene rings is 1. The first-order valence-corrected chi connectivity index (χ1v) is 9.22. The number of guanidine groups is 1. The Bertz CT molecular complexity index is 634. The van der Waals surface area contributed by atoms with E-state index in [4.69, 9.17) is 0 Å². The number of nitrogens with one attached hydrogen (secondary N) is 1. The van der Waals surface area contributed by atoms with E-state index in [2.05, 4.69) is 53.8 Å². The maximum atomic E-state index is 4.45. The number of hydrogen-bond donors (Lipinski definition) is 1. The second kappa shape index (κ2) is 8.10. The van der Waals surface area contributed by atoms with Crippen LogP contribution in [0.4, 0.5) is 5.95 Å². The van der Waals surface area contributed by atoms with Crippen molar-refractivity contribution in [1.29, 1.82) is 0 Å². The molecule has 1 aliphatic heterocycles. The third-order valence-corrected chi connectivity index (χ3v) is 5.01. The van der Waals surface area contributed by atoms with Crippen LogP contribution >= 0.6 is 11.3 Å². The van der Waals surface area contributed by atoms with E-state index in [0.29, 0.717) is 5.92 Å². The van der Waals surface area contributed by atoms with Crippen molar-refractivity contribution in [2.75, 3.05) is 44.7 Å². The molecule has 6 nitrogen and oxygen atoms in total. The summed E-state index contributed by atoms with van der Waals surface area (Å²) < 4.78 is 0. The van der Waals surface area contributed by atoms with E-state index in [0.717, 1.165) is 44.6 Å². The zero-order valence-electron chi connectivity index (χ0n) is 14.2. The van der Waals surface area contributed by atoms with Gasteiger partial charge < -0.3 is 15.1 Å². The molecule has 1 unspecified atom stereocenters. The van der Waals surface area contributed by atoms with Crippen LogP contribution in [0.1, 0.15) is 18.4 Å². The van der Waals surface area contributed by atoms with Gasteiger partial charge in [-0.3, -0.25) is 4.99 Å². The maximum Gasteiger partial charge on any atom is 0.225 e. The smallest absolute Gasteiger partial charge is 0.225 e. The molecule has 2 aromatic heterocycles. The molecule has 1 atom stereocenters. The number of nitrogens with zero attached hydrogens (tertiary/aromatic N) is 5. The molecule has 1 saturated heterocycles. The fourth-order valence-electron chi connectivity index (χ4n) is 2.82. The van der Waals surface area contributed by atoms with Crippen LogP contribution in [-0.4, -0.2) is 60.6 Å². The van der Waals surface area contributed by atoms with Gasteiger partial charge in [0.25, 0.3) is 0 Å². The van der Waals surface area contributed by atoms with Crippen molar-refractivity contribution >= 4 is 23.2 Å². The highest BCUT2D eigenvalue weighted by molar-refractivity contribution is 7.07. The van der Waals surface area contributed by atoms with Gasteiger partial charge in [0.1, 0.15) is 0 Å². The third kappa shape index (κ3) is 4.03. The minimum absolute atomic E-state index is 0.479. The van der Waals surface area contributed by atoms with Gasteiger partial charge in [-0.15, -0.1) is 0 Å². The average Bonchev–Trinajstić information content (AvgIpc) is 3.18. The van der Waals surface area contributed by atoms with E-state index < -0.39 is 0 Å². The third-order valence-electron chi connectivity index (χ3n) is 4.30. The Morgan fingerprint density at radius 3 is 2.67 bits per heavy atom. The van der Waals surface area contributed by atoms with Crippen molar-refractivity contribution < 1.29 is 0 Å². The summed E-state index contributed by atoms with van der Waals surface area (Å²) in [5.41, 5.74) is 1.38. The molecule has 0 aromatic carbocycles. The SMILES string of the molecule is CN=C(NCC(C)c1ccsc1)N1CCN(c2ncccn2)CC1. The fourth-order valence-corrected chi connectivity index (χ4v) is 3.60. The van der Waals surface area contributed by atoms with Crippen LogP contribution in [0, 0.1) is 0 Å². The van der Waals surface area contributed by atoms with Crippen molar-refractivity contribution in [3.05, 3.63) is 40.8 Å². The molecular formula is C17H24N6S. The van der Waals surface area contributed by atoms with Gasteiger partial charge in [0, 0.05) is 52.2 Å². The Hall–Kier alpha value is -2.15. The van der Waals surface area contributed by atoms with Crippen molar-refractivity contribution in [3.8, 4) is 0 Å². The highest BCUT2D eigenvalue weighted by atomic mass is 32.1. The molecule has 0 saturated carbocycles. The van der Waals surface area contributed by atoms with Crippen molar-refractivity contribution in [2.45, 2.75) is 12.8 Å². The van der Waals surface area contributed by atoms with E-state index in [1.807, 2.05) is 13.1 Å². The fraction of sp³-hybridized carbons (Fsp3) is 0.471. The second-order valence-corrected chi connectivity index (χ2v) is 6.69. The minimum atomic E-state index is 0.479. The summed E-state index contributed by atoms with van der Waals surface area (Å²) in [5, 5.41) is 7.86. The number of aromatic nitrogens is 2. The van der Waals surface area contributed by atoms with Gasteiger partial charge in [-0.2, -0.15) is 11.3 Å². The lowest BCUT2D eigenvalue weighted by molar-refractivity contribution is 0.369. The molecule has 0 bridgehead atoms. The van der Waals surface area contributed by atoms with Gasteiger partial charge in [0.15, 0.2) is 5.96 Å². The number of rotatable bonds is 4. The van der Waals surface area contributed by atoms with Gasteiger partial charge in [-0.1, -0.05) is 6.92 Å². The Morgan fingerprint density at radius 1 is 1.29 bits per heavy atom. The molecule has 0 amide bonds. The number of piperazine rings is 1. The van der Waals surface area contributed by atoms with Gasteiger partial charge >= 0.3 is 0 Å². The summed E-state index contributed by atoms with van der Waals surface area (Å²) in [6.45, 7) is 6.80. The molecule has 128 valence electrons. The van der Waals surface area contributed by atoms with E-state index >= 15 is 0 Å². The highest BCUT2D eigenvalue weighted by Gasteiger charge is 2.21. The normalized spacial score (nSPS) is 17.0. The molecule has 3 rings (SSSR count). The summed E-state index contributed by atoms with van der Waals surface area (Å²) in [4.78, 5) is 17.6. The minimum Gasteiger partial charge on any atom is -0.356 e. The molecule has 0 radical (unpaired) electrons. The number of aliphatic imine (C=N–C) groups is 1. The van der Waals surface area contributed by atoms with Gasteiger partial charge in [-0.05, 0) is 34.4 Å². The molecule has 0 spiro atoms. The van der Waals surface area contributed by atoms with Gasteiger partial charge in [-0.25, -0.2) is 9.97 Å². The summed E-state index contributed by atoms with van der Waals surface area (Å²) >= 11 is 1.75. The number of hydrogen-bond acceptors (Lipinski definition) is 5. The van der Waals surface area contributed by atoms with E-state index in [-0.39, 0.29) is 0 Å². The zero-order valence-corrected chi connectivity index (χ0v) is 15.0. The molecule has 2 aromatic rings. The lowest BCUT2D eigenvalue weighted by atomic mass is 10.1. The predicted molar refractivity (Wildman–Crippen MR) is 99.9 cm³/mol. The molecule has 7 heteroatoms. The largest absolute Gasteiger partial charge is 0.356 e. The van der Waals surface area contributed by atoms with Crippen LogP contribution in [0.15, 0.2) is 40.3 Å². The van der Waals surface area contributed by atoms with Crippen LogP contribution in [0.3, 0.4) is 0 Å². The van der Waals surface area contributed by atoms with Crippen molar-refractivity contribution in [2.24, 2.45) is 4.99 Å². The van der Waals surface area contributed by atoms with E-state index in [1.54, 1.807) is 23.7 Å². The van der Waals surface area contributed by atoms with E-state index in [1.165, 1.54) is 5.56 Å². The van der Waals surface area contributed by atoms with Crippen LogP contribution in [0.5, 0.6) is 0 Å². The Labute approximate surface area is 147 Å². The van der Waals surface area contributed by atoms with Crippen LogP contribution in [-0.2, 0) is 0 Å². The number of anilines is 1. The predicted octanol–water partition coefficient (Wildman–Crippen LogP) is 2.04. The quantitative estimate of drug-likeness (QED) is 0.679. The van der Waals surface area contributed by atoms with Crippen LogP contribution < -0.4 is 10.2 Å². The average molecular weight is 344 g/mol. The molecular weight excluding hydrogens is 320 g/mol. The van der Waals surface area contributed by atoms with Gasteiger partial charge in [0.2, 0.25) is 5.95 Å². The summed E-state index contributed by atoms with van der Waals surface area (Å²) in [6, 6.07) is 4.04. The van der Waals surface area contributed by atoms with Crippen molar-refractivity contribution in [3.63, 3.8) is 0 Å². The standard InChI is InChI=1S/C17H24N6S/c1-14(15-4-11-24-13-15)12-21-16(18-2)22-7-9-23(10-8-22)17-19-5-3-6-20-17/h3-6,11,13-14H,7-10,12H2,1-2H3,(H,18,21). The summed E-state index contributed by atoms with van der Waals surface area (Å²) in [7, 11) is 1.85. The Kier molecular flexibility index (Phi) is 5.63. The van der Waals surface area contributed by atoms with Crippen LogP contribution in [0.2, 0.25) is 0 Å². The first-order valence-electron chi connectivity index (χ1n) is 8.27. The lowest BCUT2D eigenvalue weighted by Gasteiger charge is -2.36. The van der Waals surface area contributed by atoms with E-state index in [9.17, 15) is 0 Å². The Balaban J connectivity index is 1.50. The molecule has 0 aliphatic carbocycles. The summed E-state index contributed by atoms with van der Waals surface area (Å²) in [6.07, 6.45) is 3.59. The first-order chi connectivity index (χ1) is 11.8. The first kappa shape index (κ1) is 16.7. The van der Waals surface area contributed by atoms with Crippen LogP contribution in [0.25, 0.3) is 0 Å². The molecule has 3 heterocycles. The van der Waals surface area contributed by atoms with Gasteiger partial charge in [0.05, 0.1) is 0 Å². The zero-order chi connectivity index (χ0) is 16.8. The molecule has 24 heavy (non-hydrogen) atoms. The molecule has 1 aliphatic rings. The lowest BCUT2D eigenvalue weighted by Crippen LogP contribution is -2.53. The van der Waals surface area contributed by atoms with Crippen molar-refractivity contribution in [1.82, 2.24) is 20.2 Å². The maximum absolute atomic E-state index is 4.45. The highest BCUT2D eigenvalue weighted by Crippen LogP contribution is 2.17. The second-order valence-electron chi connectivity index (χ2n) is 5.91. The monoisotopic (exact) mass is 344 g/mol. The topological polar surface area (TPSA) is 56.7 Å².